The van der Waals surface area contributed by atoms with Gasteiger partial charge in [-0.05, 0) is 33.2 Å². The van der Waals surface area contributed by atoms with Crippen LogP contribution in [0.3, 0.4) is 0 Å². The minimum atomic E-state index is 0.0183. The molecule has 2 N–H and O–H groups in total. The zero-order valence-corrected chi connectivity index (χ0v) is 12.6. The molecule has 0 aliphatic rings. The summed E-state index contributed by atoms with van der Waals surface area (Å²) in [6, 6.07) is 14.7. The first kappa shape index (κ1) is 14.0. The predicted octanol–water partition coefficient (Wildman–Crippen LogP) is 2.55. The van der Waals surface area contributed by atoms with Gasteiger partial charge in [-0.3, -0.25) is 0 Å². The van der Waals surface area contributed by atoms with Crippen LogP contribution in [0.1, 0.15) is 18.0 Å². The first-order chi connectivity index (χ1) is 10.3. The Balaban J connectivity index is 1.69. The molecule has 1 atom stereocenters. The van der Waals surface area contributed by atoms with Crippen LogP contribution in [0.15, 0.2) is 47.6 Å². The number of hydrogen-bond donors (Lipinski definition) is 1. The van der Waals surface area contributed by atoms with Crippen molar-refractivity contribution in [3.05, 3.63) is 48.0 Å². The number of nitrogens with two attached hydrogens (primary N) is 1. The highest BCUT2D eigenvalue weighted by atomic mass is 32.2. The van der Waals surface area contributed by atoms with Crippen molar-refractivity contribution < 1.29 is 0 Å². The van der Waals surface area contributed by atoms with E-state index in [0.717, 1.165) is 17.3 Å². The molecule has 2 aromatic carbocycles. The van der Waals surface area contributed by atoms with Gasteiger partial charge in [0.05, 0.1) is 0 Å². The van der Waals surface area contributed by atoms with Gasteiger partial charge in [-0.25, -0.2) is 4.68 Å². The van der Waals surface area contributed by atoms with E-state index in [1.807, 2.05) is 7.05 Å². The number of rotatable bonds is 5. The van der Waals surface area contributed by atoms with Gasteiger partial charge in [-0.2, -0.15) is 0 Å². The van der Waals surface area contributed by atoms with E-state index in [9.17, 15) is 0 Å². The number of fused-ring (bicyclic) bond motifs is 1. The lowest BCUT2D eigenvalue weighted by Crippen LogP contribution is -2.11. The molecule has 0 amide bonds. The Bertz CT molecular complexity index is 734. The lowest BCUT2D eigenvalue weighted by Gasteiger charge is -2.14. The van der Waals surface area contributed by atoms with Crippen LogP contribution in [0.25, 0.3) is 10.8 Å². The molecule has 0 spiro atoms. The average Bonchev–Trinajstić information content (AvgIpc) is 2.92. The lowest BCUT2D eigenvalue weighted by molar-refractivity contribution is 0.662. The van der Waals surface area contributed by atoms with Crippen molar-refractivity contribution in [2.45, 2.75) is 17.6 Å². The second-order valence-corrected chi connectivity index (χ2v) is 5.96. The van der Waals surface area contributed by atoms with E-state index in [-0.39, 0.29) is 6.04 Å². The largest absolute Gasteiger partial charge is 0.324 e. The Morgan fingerprint density at radius 2 is 2.00 bits per heavy atom. The summed E-state index contributed by atoms with van der Waals surface area (Å²) >= 11 is 1.63. The van der Waals surface area contributed by atoms with Gasteiger partial charge < -0.3 is 5.73 Å². The number of aromatic nitrogens is 4. The molecule has 0 radical (unpaired) electrons. The predicted molar refractivity (Wildman–Crippen MR) is 85.0 cm³/mol. The van der Waals surface area contributed by atoms with E-state index in [2.05, 4.69) is 58.0 Å². The van der Waals surface area contributed by atoms with E-state index >= 15 is 0 Å². The Kier molecular flexibility index (Phi) is 4.17. The van der Waals surface area contributed by atoms with Crippen molar-refractivity contribution in [3.63, 3.8) is 0 Å². The van der Waals surface area contributed by atoms with Gasteiger partial charge in [0, 0.05) is 18.8 Å². The van der Waals surface area contributed by atoms with Crippen LogP contribution in [0.2, 0.25) is 0 Å². The quantitative estimate of drug-likeness (QED) is 0.733. The zero-order chi connectivity index (χ0) is 14.7. The first-order valence-electron chi connectivity index (χ1n) is 6.84. The third kappa shape index (κ3) is 3.06. The zero-order valence-electron chi connectivity index (χ0n) is 11.8. The van der Waals surface area contributed by atoms with Crippen molar-refractivity contribution in [2.75, 3.05) is 5.75 Å². The van der Waals surface area contributed by atoms with Crippen molar-refractivity contribution in [1.29, 1.82) is 0 Å². The summed E-state index contributed by atoms with van der Waals surface area (Å²) in [6.45, 7) is 0. The van der Waals surface area contributed by atoms with Crippen LogP contribution < -0.4 is 5.73 Å². The Morgan fingerprint density at radius 3 is 2.81 bits per heavy atom. The molecule has 1 aromatic heterocycles. The molecular weight excluding hydrogens is 282 g/mol. The van der Waals surface area contributed by atoms with Crippen LogP contribution in [-0.2, 0) is 7.05 Å². The summed E-state index contributed by atoms with van der Waals surface area (Å²) in [5.74, 6) is 0.888. The molecule has 108 valence electrons. The molecule has 0 aliphatic heterocycles. The minimum absolute atomic E-state index is 0.0183. The summed E-state index contributed by atoms with van der Waals surface area (Å²) < 4.78 is 1.67. The van der Waals surface area contributed by atoms with Crippen molar-refractivity contribution >= 4 is 22.5 Å². The maximum absolute atomic E-state index is 6.37. The molecular formula is C15H17N5S. The Labute approximate surface area is 127 Å². The van der Waals surface area contributed by atoms with E-state index in [0.29, 0.717) is 0 Å². The van der Waals surface area contributed by atoms with Crippen molar-refractivity contribution in [1.82, 2.24) is 20.2 Å². The van der Waals surface area contributed by atoms with Gasteiger partial charge in [0.1, 0.15) is 0 Å². The molecule has 1 unspecified atom stereocenters. The van der Waals surface area contributed by atoms with Gasteiger partial charge in [-0.1, -0.05) is 54.2 Å². The number of tetrazole rings is 1. The van der Waals surface area contributed by atoms with Gasteiger partial charge >= 0.3 is 0 Å². The smallest absolute Gasteiger partial charge is 0.209 e. The Hall–Kier alpha value is -1.92. The van der Waals surface area contributed by atoms with Crippen LogP contribution in [0.4, 0.5) is 0 Å². The lowest BCUT2D eigenvalue weighted by atomic mass is 9.98. The fourth-order valence-corrected chi connectivity index (χ4v) is 3.22. The summed E-state index contributed by atoms with van der Waals surface area (Å²) in [5, 5.41) is 14.7. The van der Waals surface area contributed by atoms with Crippen LogP contribution in [0, 0.1) is 0 Å². The monoisotopic (exact) mass is 299 g/mol. The van der Waals surface area contributed by atoms with E-state index in [4.69, 9.17) is 5.73 Å². The third-order valence-corrected chi connectivity index (χ3v) is 4.51. The molecule has 5 nitrogen and oxygen atoms in total. The molecule has 6 heteroatoms. The van der Waals surface area contributed by atoms with Gasteiger partial charge in [0.15, 0.2) is 0 Å². The van der Waals surface area contributed by atoms with Gasteiger partial charge in [0.2, 0.25) is 5.16 Å². The fraction of sp³-hybridized carbons (Fsp3) is 0.267. The van der Waals surface area contributed by atoms with Gasteiger partial charge in [0.25, 0.3) is 0 Å². The van der Waals surface area contributed by atoms with Gasteiger partial charge in [-0.15, -0.1) is 5.10 Å². The van der Waals surface area contributed by atoms with Crippen LogP contribution >= 0.6 is 11.8 Å². The molecule has 0 aliphatic carbocycles. The number of benzene rings is 2. The second-order valence-electron chi connectivity index (χ2n) is 4.90. The first-order valence-corrected chi connectivity index (χ1v) is 7.82. The van der Waals surface area contributed by atoms with Crippen molar-refractivity contribution in [3.8, 4) is 0 Å². The summed E-state index contributed by atoms with van der Waals surface area (Å²) in [6.07, 6.45) is 0.880. The maximum atomic E-state index is 6.37. The molecule has 3 rings (SSSR count). The summed E-state index contributed by atoms with van der Waals surface area (Å²) in [5.41, 5.74) is 7.57. The highest BCUT2D eigenvalue weighted by molar-refractivity contribution is 7.99. The summed E-state index contributed by atoms with van der Waals surface area (Å²) in [4.78, 5) is 0. The van der Waals surface area contributed by atoms with Crippen LogP contribution in [-0.4, -0.2) is 26.0 Å². The normalized spacial score (nSPS) is 12.7. The Morgan fingerprint density at radius 1 is 1.19 bits per heavy atom. The molecule has 0 bridgehead atoms. The SMILES string of the molecule is Cn1nnnc1SCCC(N)c1cccc2ccccc12. The van der Waals surface area contributed by atoms with E-state index in [1.165, 1.54) is 16.3 Å². The second kappa shape index (κ2) is 6.24. The van der Waals surface area contributed by atoms with Crippen LogP contribution in [0.5, 0.6) is 0 Å². The molecule has 0 saturated carbocycles. The topological polar surface area (TPSA) is 69.6 Å². The molecule has 3 aromatic rings. The van der Waals surface area contributed by atoms with E-state index < -0.39 is 0 Å². The standard InChI is InChI=1S/C15H17N5S/c1-20-15(17-18-19-20)21-10-9-14(16)13-8-4-6-11-5-2-3-7-12(11)13/h2-8,14H,9-10,16H2,1H3. The summed E-state index contributed by atoms with van der Waals surface area (Å²) in [7, 11) is 1.84. The fourth-order valence-electron chi connectivity index (χ4n) is 2.35. The highest BCUT2D eigenvalue weighted by Crippen LogP contribution is 2.26. The molecule has 21 heavy (non-hydrogen) atoms. The molecule has 1 heterocycles. The number of thioether (sulfide) groups is 1. The minimum Gasteiger partial charge on any atom is -0.324 e. The third-order valence-electron chi connectivity index (χ3n) is 3.46. The molecule has 0 fully saturated rings. The highest BCUT2D eigenvalue weighted by Gasteiger charge is 2.11. The van der Waals surface area contributed by atoms with Crippen molar-refractivity contribution in [2.24, 2.45) is 12.8 Å². The number of aryl methyl sites for hydroxylation is 1. The number of nitrogens with zero attached hydrogens (tertiary/aromatic N) is 4. The average molecular weight is 299 g/mol. The maximum Gasteiger partial charge on any atom is 0.209 e. The number of hydrogen-bond acceptors (Lipinski definition) is 5. The molecule has 0 saturated heterocycles. The van der Waals surface area contributed by atoms with E-state index in [1.54, 1.807) is 16.4 Å².